The quantitative estimate of drug-likeness (QED) is 0.905. The molecule has 0 saturated carbocycles. The van der Waals surface area contributed by atoms with Crippen molar-refractivity contribution < 1.29 is 5.11 Å². The maximum absolute atomic E-state index is 9.64. The zero-order valence-corrected chi connectivity index (χ0v) is 11.2. The average Bonchev–Trinajstić information content (AvgIpc) is 2.58. The van der Waals surface area contributed by atoms with Crippen molar-refractivity contribution in [3.05, 3.63) is 20.8 Å². The van der Waals surface area contributed by atoms with Gasteiger partial charge < -0.3 is 5.11 Å². The molecule has 1 aliphatic heterocycles. The fraction of sp³-hybridized carbons (Fsp3) is 0.636. The monoisotopic (exact) mass is 289 g/mol. The van der Waals surface area contributed by atoms with Crippen LogP contribution in [-0.4, -0.2) is 28.7 Å². The van der Waals surface area contributed by atoms with Crippen LogP contribution in [0.2, 0.25) is 0 Å². The predicted octanol–water partition coefficient (Wildman–Crippen LogP) is 2.86. The molecule has 1 saturated heterocycles. The van der Waals surface area contributed by atoms with E-state index in [-0.39, 0.29) is 6.10 Å². The Morgan fingerprint density at radius 1 is 1.60 bits per heavy atom. The second-order valence-electron chi connectivity index (χ2n) is 4.23. The van der Waals surface area contributed by atoms with Crippen molar-refractivity contribution in [2.24, 2.45) is 0 Å². The van der Waals surface area contributed by atoms with Crippen LogP contribution >= 0.6 is 27.3 Å². The summed E-state index contributed by atoms with van der Waals surface area (Å²) in [6.45, 7) is 4.00. The van der Waals surface area contributed by atoms with Crippen LogP contribution in [0.25, 0.3) is 0 Å². The molecule has 2 atom stereocenters. The standard InChI is InChI=1S/C11H16BrNOS/c1-8-2-3-10(14)7-13(8)6-9-4-5-15-11(9)12/h4-5,8,10,14H,2-3,6-7H2,1H3. The van der Waals surface area contributed by atoms with Gasteiger partial charge in [0.05, 0.1) is 9.89 Å². The summed E-state index contributed by atoms with van der Waals surface area (Å²) in [6, 6.07) is 2.74. The molecule has 0 aromatic carbocycles. The maximum atomic E-state index is 9.64. The van der Waals surface area contributed by atoms with Gasteiger partial charge in [-0.15, -0.1) is 11.3 Å². The normalized spacial score (nSPS) is 28.2. The molecule has 0 spiro atoms. The fourth-order valence-electron chi connectivity index (χ4n) is 2.03. The zero-order chi connectivity index (χ0) is 10.8. The molecule has 4 heteroatoms. The van der Waals surface area contributed by atoms with Crippen LogP contribution in [0, 0.1) is 0 Å². The molecule has 0 amide bonds. The minimum absolute atomic E-state index is 0.140. The Morgan fingerprint density at radius 3 is 3.07 bits per heavy atom. The molecule has 1 aromatic heterocycles. The fourth-order valence-corrected chi connectivity index (χ4v) is 3.25. The van der Waals surface area contributed by atoms with Gasteiger partial charge in [0.1, 0.15) is 0 Å². The molecule has 84 valence electrons. The van der Waals surface area contributed by atoms with Gasteiger partial charge in [0.25, 0.3) is 0 Å². The number of β-amino-alcohol motifs (C(OH)–C–C–N with tert-alkyl or cyclic N) is 1. The van der Waals surface area contributed by atoms with Crippen LogP contribution in [0.4, 0.5) is 0 Å². The number of rotatable bonds is 2. The minimum Gasteiger partial charge on any atom is -0.392 e. The zero-order valence-electron chi connectivity index (χ0n) is 8.82. The highest BCUT2D eigenvalue weighted by atomic mass is 79.9. The molecule has 2 unspecified atom stereocenters. The number of aliphatic hydroxyl groups excluding tert-OH is 1. The summed E-state index contributed by atoms with van der Waals surface area (Å²) >= 11 is 5.28. The van der Waals surface area contributed by atoms with E-state index < -0.39 is 0 Å². The van der Waals surface area contributed by atoms with Crippen LogP contribution in [0.15, 0.2) is 15.2 Å². The number of likely N-dealkylation sites (tertiary alicyclic amines) is 1. The molecule has 2 rings (SSSR count). The summed E-state index contributed by atoms with van der Waals surface area (Å²) in [6.07, 6.45) is 1.91. The van der Waals surface area contributed by atoms with Crippen molar-refractivity contribution in [3.8, 4) is 0 Å². The van der Waals surface area contributed by atoms with Gasteiger partial charge in [0.15, 0.2) is 0 Å². The summed E-state index contributed by atoms with van der Waals surface area (Å²) in [5, 5.41) is 11.7. The lowest BCUT2D eigenvalue weighted by atomic mass is 10.0. The summed E-state index contributed by atoms with van der Waals surface area (Å²) in [5.74, 6) is 0. The second kappa shape index (κ2) is 4.95. The summed E-state index contributed by atoms with van der Waals surface area (Å²) in [5.41, 5.74) is 1.33. The molecular weight excluding hydrogens is 274 g/mol. The molecule has 0 radical (unpaired) electrons. The Labute approximate surface area is 103 Å². The number of nitrogens with zero attached hydrogens (tertiary/aromatic N) is 1. The maximum Gasteiger partial charge on any atom is 0.0743 e. The van der Waals surface area contributed by atoms with Crippen LogP contribution in [0.1, 0.15) is 25.3 Å². The van der Waals surface area contributed by atoms with Crippen LogP contribution in [0.5, 0.6) is 0 Å². The van der Waals surface area contributed by atoms with Crippen molar-refractivity contribution in [1.82, 2.24) is 4.90 Å². The lowest BCUT2D eigenvalue weighted by Crippen LogP contribution is -2.43. The summed E-state index contributed by atoms with van der Waals surface area (Å²) < 4.78 is 1.22. The number of piperidine rings is 1. The van der Waals surface area contributed by atoms with E-state index in [1.54, 1.807) is 11.3 Å². The topological polar surface area (TPSA) is 23.5 Å². The van der Waals surface area contributed by atoms with E-state index in [4.69, 9.17) is 0 Å². The van der Waals surface area contributed by atoms with Crippen molar-refractivity contribution in [1.29, 1.82) is 0 Å². The minimum atomic E-state index is -0.140. The molecule has 1 fully saturated rings. The van der Waals surface area contributed by atoms with Gasteiger partial charge in [-0.1, -0.05) is 0 Å². The SMILES string of the molecule is CC1CCC(O)CN1Cc1ccsc1Br. The molecular formula is C11H16BrNOS. The Kier molecular flexibility index (Phi) is 3.83. The van der Waals surface area contributed by atoms with Crippen LogP contribution in [-0.2, 0) is 6.54 Å². The first-order chi connectivity index (χ1) is 7.16. The van der Waals surface area contributed by atoms with Crippen LogP contribution in [0.3, 0.4) is 0 Å². The number of hydrogen-bond acceptors (Lipinski definition) is 3. The smallest absolute Gasteiger partial charge is 0.0743 e. The van der Waals surface area contributed by atoms with E-state index in [2.05, 4.69) is 39.2 Å². The first kappa shape index (κ1) is 11.6. The molecule has 0 bridgehead atoms. The summed E-state index contributed by atoms with van der Waals surface area (Å²) in [7, 11) is 0. The molecule has 15 heavy (non-hydrogen) atoms. The van der Waals surface area contributed by atoms with E-state index >= 15 is 0 Å². The van der Waals surface area contributed by atoms with E-state index in [0.717, 1.165) is 25.9 Å². The van der Waals surface area contributed by atoms with Gasteiger partial charge in [0.2, 0.25) is 0 Å². The third kappa shape index (κ3) is 2.81. The molecule has 1 aromatic rings. The van der Waals surface area contributed by atoms with Gasteiger partial charge in [-0.3, -0.25) is 4.90 Å². The Bertz CT molecular complexity index is 328. The number of aliphatic hydroxyl groups is 1. The van der Waals surface area contributed by atoms with Gasteiger partial charge in [-0.25, -0.2) is 0 Å². The lowest BCUT2D eigenvalue weighted by molar-refractivity contribution is 0.0364. The van der Waals surface area contributed by atoms with Gasteiger partial charge >= 0.3 is 0 Å². The highest BCUT2D eigenvalue weighted by Gasteiger charge is 2.24. The van der Waals surface area contributed by atoms with Crippen molar-refractivity contribution >= 4 is 27.3 Å². The van der Waals surface area contributed by atoms with Crippen molar-refractivity contribution in [2.75, 3.05) is 6.54 Å². The van der Waals surface area contributed by atoms with E-state index in [1.165, 1.54) is 9.35 Å². The van der Waals surface area contributed by atoms with E-state index in [1.807, 2.05) is 0 Å². The lowest BCUT2D eigenvalue weighted by Gasteiger charge is -2.35. The summed E-state index contributed by atoms with van der Waals surface area (Å²) in [4.78, 5) is 2.36. The molecule has 0 aliphatic carbocycles. The van der Waals surface area contributed by atoms with Crippen molar-refractivity contribution in [3.63, 3.8) is 0 Å². The molecule has 2 nitrogen and oxygen atoms in total. The van der Waals surface area contributed by atoms with Crippen molar-refractivity contribution in [2.45, 2.75) is 38.5 Å². The predicted molar refractivity (Wildman–Crippen MR) is 67.1 cm³/mol. The highest BCUT2D eigenvalue weighted by Crippen LogP contribution is 2.27. The number of thiophene rings is 1. The van der Waals surface area contributed by atoms with Gasteiger partial charge in [-0.05, 0) is 52.7 Å². The molecule has 2 heterocycles. The van der Waals surface area contributed by atoms with Gasteiger partial charge in [0, 0.05) is 19.1 Å². The van der Waals surface area contributed by atoms with E-state index in [0.29, 0.717) is 6.04 Å². The van der Waals surface area contributed by atoms with E-state index in [9.17, 15) is 5.11 Å². The number of halogens is 1. The second-order valence-corrected chi connectivity index (χ2v) is 6.46. The van der Waals surface area contributed by atoms with Gasteiger partial charge in [-0.2, -0.15) is 0 Å². The Hall–Kier alpha value is 0.100. The number of hydrogen-bond donors (Lipinski definition) is 1. The van der Waals surface area contributed by atoms with Crippen LogP contribution < -0.4 is 0 Å². The Morgan fingerprint density at radius 2 is 2.40 bits per heavy atom. The third-order valence-corrected chi connectivity index (χ3v) is 4.86. The first-order valence-electron chi connectivity index (χ1n) is 5.31. The molecule has 1 N–H and O–H groups in total. The average molecular weight is 290 g/mol. The Balaban J connectivity index is 2.01. The third-order valence-electron chi connectivity index (χ3n) is 3.05. The highest BCUT2D eigenvalue weighted by molar-refractivity contribution is 9.11. The first-order valence-corrected chi connectivity index (χ1v) is 6.98. The largest absolute Gasteiger partial charge is 0.392 e. The molecule has 1 aliphatic rings.